The largest absolute Gasteiger partial charge is 0.350 e. The molecule has 0 saturated heterocycles. The molecule has 0 unspecified atom stereocenters. The van der Waals surface area contributed by atoms with E-state index in [9.17, 15) is 18.5 Å². The van der Waals surface area contributed by atoms with Gasteiger partial charge in [-0.15, -0.1) is 11.3 Å². The summed E-state index contributed by atoms with van der Waals surface area (Å²) in [6.45, 7) is 1.91. The smallest absolute Gasteiger partial charge is 0.293 e. The number of nitrogens with zero attached hydrogens (tertiary/aromatic N) is 2. The molecule has 9 heteroatoms. The average Bonchev–Trinajstić information content (AvgIpc) is 3.01. The number of aromatic nitrogens is 1. The third-order valence-corrected chi connectivity index (χ3v) is 5.72. The third-order valence-electron chi connectivity index (χ3n) is 3.60. The van der Waals surface area contributed by atoms with Crippen LogP contribution in [0.2, 0.25) is 0 Å². The van der Waals surface area contributed by atoms with Gasteiger partial charge in [-0.2, -0.15) is 0 Å². The van der Waals surface area contributed by atoms with Crippen LogP contribution in [0, 0.1) is 17.0 Å². The molecule has 7 nitrogen and oxygen atoms in total. The summed E-state index contributed by atoms with van der Waals surface area (Å²) < 4.78 is 23.3. The standard InChI is InChI=1S/C17H15N3O4S2/c1-11-10-25-17(18-11)12-4-3-5-13(8-12)19-15-7-6-14(26(2,23)24)9-16(15)20(21)22/h3-10,19H,1-2H3. The maximum absolute atomic E-state index is 11.6. The molecule has 1 N–H and O–H groups in total. The summed E-state index contributed by atoms with van der Waals surface area (Å²) in [6.07, 6.45) is 1.01. The first-order valence-corrected chi connectivity index (χ1v) is 10.3. The van der Waals surface area contributed by atoms with Gasteiger partial charge in [-0.05, 0) is 31.2 Å². The molecule has 0 aliphatic rings. The van der Waals surface area contributed by atoms with Crippen molar-refractivity contribution in [3.05, 3.63) is 63.7 Å². The van der Waals surface area contributed by atoms with Gasteiger partial charge in [-0.3, -0.25) is 10.1 Å². The van der Waals surface area contributed by atoms with E-state index in [1.807, 2.05) is 30.5 Å². The maximum Gasteiger partial charge on any atom is 0.293 e. The normalized spacial score (nSPS) is 11.3. The molecule has 0 saturated carbocycles. The van der Waals surface area contributed by atoms with Crippen molar-refractivity contribution in [2.75, 3.05) is 11.6 Å². The summed E-state index contributed by atoms with van der Waals surface area (Å²) >= 11 is 1.52. The van der Waals surface area contributed by atoms with Gasteiger partial charge in [-0.1, -0.05) is 12.1 Å². The van der Waals surface area contributed by atoms with Crippen LogP contribution in [-0.2, 0) is 9.84 Å². The summed E-state index contributed by atoms with van der Waals surface area (Å²) in [6, 6.07) is 11.2. The molecule has 0 fully saturated rings. The van der Waals surface area contributed by atoms with Gasteiger partial charge in [0.1, 0.15) is 10.7 Å². The molecule has 0 aliphatic heterocycles. The summed E-state index contributed by atoms with van der Waals surface area (Å²) in [5.74, 6) is 0. The average molecular weight is 389 g/mol. The zero-order chi connectivity index (χ0) is 18.9. The zero-order valence-electron chi connectivity index (χ0n) is 14.0. The van der Waals surface area contributed by atoms with Crippen LogP contribution in [-0.4, -0.2) is 24.6 Å². The predicted octanol–water partition coefficient (Wildman–Crippen LogP) is 4.17. The molecule has 1 aromatic heterocycles. The minimum Gasteiger partial charge on any atom is -0.350 e. The highest BCUT2D eigenvalue weighted by Gasteiger charge is 2.19. The monoisotopic (exact) mass is 389 g/mol. The lowest BCUT2D eigenvalue weighted by Gasteiger charge is -2.09. The van der Waals surface area contributed by atoms with Crippen LogP contribution in [0.3, 0.4) is 0 Å². The molecule has 3 rings (SSSR count). The van der Waals surface area contributed by atoms with E-state index < -0.39 is 14.8 Å². The molecule has 3 aromatic rings. The van der Waals surface area contributed by atoms with E-state index in [1.165, 1.54) is 23.5 Å². The highest BCUT2D eigenvalue weighted by atomic mass is 32.2. The summed E-state index contributed by atoms with van der Waals surface area (Å²) in [5.41, 5.74) is 2.38. The van der Waals surface area contributed by atoms with E-state index in [4.69, 9.17) is 0 Å². The van der Waals surface area contributed by atoms with Crippen LogP contribution in [0.25, 0.3) is 10.6 Å². The van der Waals surface area contributed by atoms with E-state index in [2.05, 4.69) is 10.3 Å². The molecule has 26 heavy (non-hydrogen) atoms. The SMILES string of the molecule is Cc1csc(-c2cccc(Nc3ccc(S(C)(=O)=O)cc3[N+](=O)[O-])c2)n1. The molecule has 134 valence electrons. The number of aryl methyl sites for hydroxylation is 1. The molecule has 0 spiro atoms. The lowest BCUT2D eigenvalue weighted by atomic mass is 10.2. The second kappa shape index (κ2) is 6.85. The van der Waals surface area contributed by atoms with Crippen LogP contribution < -0.4 is 5.32 Å². The Hall–Kier alpha value is -2.78. The number of benzene rings is 2. The number of nitrogens with one attached hydrogen (secondary N) is 1. The zero-order valence-corrected chi connectivity index (χ0v) is 15.6. The van der Waals surface area contributed by atoms with Crippen molar-refractivity contribution >= 4 is 38.2 Å². The second-order valence-electron chi connectivity index (χ2n) is 5.71. The maximum atomic E-state index is 11.6. The van der Waals surface area contributed by atoms with E-state index >= 15 is 0 Å². The fraction of sp³-hybridized carbons (Fsp3) is 0.118. The quantitative estimate of drug-likeness (QED) is 0.519. The Kier molecular flexibility index (Phi) is 4.75. The van der Waals surface area contributed by atoms with Crippen LogP contribution >= 0.6 is 11.3 Å². The topological polar surface area (TPSA) is 102 Å². The molecule has 0 bridgehead atoms. The van der Waals surface area contributed by atoms with Crippen molar-refractivity contribution in [3.8, 4) is 10.6 Å². The van der Waals surface area contributed by atoms with Crippen LogP contribution in [0.15, 0.2) is 52.7 Å². The van der Waals surface area contributed by atoms with E-state index in [0.29, 0.717) is 5.69 Å². The fourth-order valence-corrected chi connectivity index (χ4v) is 3.81. The van der Waals surface area contributed by atoms with Crippen molar-refractivity contribution < 1.29 is 13.3 Å². The van der Waals surface area contributed by atoms with Crippen molar-refractivity contribution in [2.45, 2.75) is 11.8 Å². The molecular weight excluding hydrogens is 374 g/mol. The van der Waals surface area contributed by atoms with Gasteiger partial charge >= 0.3 is 0 Å². The van der Waals surface area contributed by atoms with Gasteiger partial charge in [0.15, 0.2) is 9.84 Å². The molecule has 0 radical (unpaired) electrons. The van der Waals surface area contributed by atoms with Gasteiger partial charge in [0.25, 0.3) is 5.69 Å². The number of thiazole rings is 1. The van der Waals surface area contributed by atoms with Gasteiger partial charge in [0.2, 0.25) is 0 Å². The lowest BCUT2D eigenvalue weighted by molar-refractivity contribution is -0.384. The molecular formula is C17H15N3O4S2. The number of hydrogen-bond donors (Lipinski definition) is 1. The Bertz CT molecular complexity index is 1090. The Balaban J connectivity index is 1.97. The first-order chi connectivity index (χ1) is 12.2. The number of sulfone groups is 1. The van der Waals surface area contributed by atoms with Gasteiger partial charge < -0.3 is 5.32 Å². The van der Waals surface area contributed by atoms with E-state index in [0.717, 1.165) is 28.6 Å². The van der Waals surface area contributed by atoms with Crippen LogP contribution in [0.4, 0.5) is 17.1 Å². The Morgan fingerprint density at radius 3 is 2.58 bits per heavy atom. The van der Waals surface area contributed by atoms with Crippen LogP contribution in [0.5, 0.6) is 0 Å². The van der Waals surface area contributed by atoms with Crippen LogP contribution in [0.1, 0.15) is 5.69 Å². The fourth-order valence-electron chi connectivity index (χ4n) is 2.37. The Morgan fingerprint density at radius 2 is 1.96 bits per heavy atom. The number of nitro groups is 1. The van der Waals surface area contributed by atoms with Gasteiger partial charge in [0.05, 0.1) is 9.82 Å². The molecule has 2 aromatic carbocycles. The summed E-state index contributed by atoms with van der Waals surface area (Å²) in [5, 5.41) is 17.1. The minimum atomic E-state index is -3.53. The number of nitro benzene ring substituents is 1. The Labute approximate surface area is 154 Å². The van der Waals surface area contributed by atoms with Crippen molar-refractivity contribution in [1.29, 1.82) is 0 Å². The van der Waals surface area contributed by atoms with Gasteiger partial charge in [-0.25, -0.2) is 13.4 Å². The van der Waals surface area contributed by atoms with Gasteiger partial charge in [0, 0.05) is 34.6 Å². The van der Waals surface area contributed by atoms with Crippen molar-refractivity contribution in [2.24, 2.45) is 0 Å². The summed E-state index contributed by atoms with van der Waals surface area (Å²) in [7, 11) is -3.53. The lowest BCUT2D eigenvalue weighted by Crippen LogP contribution is -2.02. The summed E-state index contributed by atoms with van der Waals surface area (Å²) in [4.78, 5) is 15.1. The number of anilines is 2. The molecule has 0 aliphatic carbocycles. The highest BCUT2D eigenvalue weighted by Crippen LogP contribution is 2.32. The second-order valence-corrected chi connectivity index (χ2v) is 8.58. The Morgan fingerprint density at radius 1 is 1.19 bits per heavy atom. The first-order valence-electron chi connectivity index (χ1n) is 7.52. The van der Waals surface area contributed by atoms with E-state index in [-0.39, 0.29) is 16.3 Å². The molecule has 0 atom stereocenters. The third kappa shape index (κ3) is 3.89. The predicted molar refractivity (Wildman–Crippen MR) is 102 cm³/mol. The molecule has 0 amide bonds. The number of hydrogen-bond acceptors (Lipinski definition) is 7. The highest BCUT2D eigenvalue weighted by molar-refractivity contribution is 7.90. The van der Waals surface area contributed by atoms with Crippen molar-refractivity contribution in [1.82, 2.24) is 4.98 Å². The number of rotatable bonds is 5. The first kappa shape index (κ1) is 18.0. The molecule has 1 heterocycles. The van der Waals surface area contributed by atoms with Crippen molar-refractivity contribution in [3.63, 3.8) is 0 Å². The van der Waals surface area contributed by atoms with E-state index in [1.54, 1.807) is 6.07 Å². The minimum absolute atomic E-state index is 0.0956.